The van der Waals surface area contributed by atoms with Crippen LogP contribution in [-0.2, 0) is 0 Å². The van der Waals surface area contributed by atoms with Crippen LogP contribution < -0.4 is 4.74 Å². The molecule has 0 atom stereocenters. The number of hydrogen-bond acceptors (Lipinski definition) is 3. The molecule has 18 heavy (non-hydrogen) atoms. The molecule has 2 aromatic rings. The molecule has 0 radical (unpaired) electrons. The monoisotopic (exact) mass is 280 g/mol. The molecule has 0 unspecified atom stereocenters. The summed E-state index contributed by atoms with van der Waals surface area (Å²) in [7, 11) is 1.55. The summed E-state index contributed by atoms with van der Waals surface area (Å²) in [5.74, 6) is 0.555. The molecule has 5 heteroatoms. The first-order chi connectivity index (χ1) is 8.70. The first kappa shape index (κ1) is 12.9. The van der Waals surface area contributed by atoms with E-state index in [1.165, 1.54) is 0 Å². The Morgan fingerprint density at radius 3 is 2.61 bits per heavy atom. The minimum atomic E-state index is 0.459. The van der Waals surface area contributed by atoms with Crippen molar-refractivity contribution in [2.45, 2.75) is 0 Å². The standard InChI is InChI=1S/C13H10Cl2N2O/c1-18-13-9(6-10(14)7-12(13)15)8-17-11-2-4-16-5-3-11/h2-8H,1H3. The molecule has 0 aliphatic heterocycles. The van der Waals surface area contributed by atoms with Gasteiger partial charge in [-0.3, -0.25) is 9.98 Å². The van der Waals surface area contributed by atoms with Crippen molar-refractivity contribution >= 4 is 35.1 Å². The zero-order valence-electron chi connectivity index (χ0n) is 9.60. The molecule has 1 aromatic carbocycles. The van der Waals surface area contributed by atoms with Crippen molar-refractivity contribution in [2.24, 2.45) is 4.99 Å². The van der Waals surface area contributed by atoms with Crippen molar-refractivity contribution in [2.75, 3.05) is 7.11 Å². The summed E-state index contributed by atoms with van der Waals surface area (Å²) in [4.78, 5) is 8.23. The number of hydrogen-bond donors (Lipinski definition) is 0. The molecular formula is C13H10Cl2N2O. The van der Waals surface area contributed by atoms with E-state index < -0.39 is 0 Å². The highest BCUT2D eigenvalue weighted by molar-refractivity contribution is 6.36. The zero-order chi connectivity index (χ0) is 13.0. The molecule has 0 fully saturated rings. The van der Waals surface area contributed by atoms with Crippen LogP contribution in [0.4, 0.5) is 5.69 Å². The number of benzene rings is 1. The first-order valence-corrected chi connectivity index (χ1v) is 5.93. The maximum Gasteiger partial charge on any atom is 0.146 e. The average molecular weight is 281 g/mol. The van der Waals surface area contributed by atoms with E-state index in [1.54, 1.807) is 50.0 Å². The Bertz CT molecular complexity index is 571. The molecule has 0 saturated heterocycles. The molecule has 0 amide bonds. The third kappa shape index (κ3) is 3.00. The Kier molecular flexibility index (Phi) is 4.18. The predicted molar refractivity (Wildman–Crippen MR) is 74.5 cm³/mol. The second-order valence-electron chi connectivity index (χ2n) is 3.47. The van der Waals surface area contributed by atoms with E-state index in [1.807, 2.05) is 0 Å². The maximum absolute atomic E-state index is 6.04. The van der Waals surface area contributed by atoms with Crippen LogP contribution in [0.15, 0.2) is 41.7 Å². The normalized spacial score (nSPS) is 10.8. The highest BCUT2D eigenvalue weighted by atomic mass is 35.5. The molecule has 2 rings (SSSR count). The summed E-state index contributed by atoms with van der Waals surface area (Å²) in [5, 5.41) is 0.998. The van der Waals surface area contributed by atoms with Crippen LogP contribution in [0, 0.1) is 0 Å². The van der Waals surface area contributed by atoms with Gasteiger partial charge in [0.15, 0.2) is 0 Å². The average Bonchev–Trinajstić information content (AvgIpc) is 2.37. The number of methoxy groups -OCH3 is 1. The van der Waals surface area contributed by atoms with Gasteiger partial charge in [0.1, 0.15) is 5.75 Å². The van der Waals surface area contributed by atoms with Gasteiger partial charge in [-0.05, 0) is 24.3 Å². The summed E-state index contributed by atoms with van der Waals surface area (Å²) in [5.41, 5.74) is 1.52. The van der Waals surface area contributed by atoms with Crippen LogP contribution >= 0.6 is 23.2 Å². The molecule has 0 bridgehead atoms. The second kappa shape index (κ2) is 5.85. The van der Waals surface area contributed by atoms with Crippen molar-refractivity contribution < 1.29 is 4.74 Å². The van der Waals surface area contributed by atoms with Crippen LogP contribution in [0.5, 0.6) is 5.75 Å². The summed E-state index contributed by atoms with van der Waals surface area (Å²) < 4.78 is 5.23. The molecular weight excluding hydrogens is 271 g/mol. The molecule has 1 aromatic heterocycles. The summed E-state index contributed by atoms with van der Waals surface area (Å²) in [6.45, 7) is 0. The Balaban J connectivity index is 2.37. The van der Waals surface area contributed by atoms with Gasteiger partial charge in [-0.2, -0.15) is 0 Å². The van der Waals surface area contributed by atoms with Crippen molar-refractivity contribution in [3.63, 3.8) is 0 Å². The van der Waals surface area contributed by atoms with Gasteiger partial charge >= 0.3 is 0 Å². The van der Waals surface area contributed by atoms with Gasteiger partial charge < -0.3 is 4.74 Å². The van der Waals surface area contributed by atoms with Crippen molar-refractivity contribution in [1.82, 2.24) is 4.98 Å². The van der Waals surface area contributed by atoms with Crippen molar-refractivity contribution in [3.05, 3.63) is 52.3 Å². The lowest BCUT2D eigenvalue weighted by molar-refractivity contribution is 0.414. The molecule has 1 heterocycles. The molecule has 92 valence electrons. The van der Waals surface area contributed by atoms with Gasteiger partial charge in [0.2, 0.25) is 0 Å². The number of ether oxygens (including phenoxy) is 1. The van der Waals surface area contributed by atoms with Crippen molar-refractivity contribution in [3.8, 4) is 5.75 Å². The quantitative estimate of drug-likeness (QED) is 0.792. The molecule has 0 aliphatic carbocycles. The lowest BCUT2D eigenvalue weighted by Crippen LogP contribution is -1.92. The van der Waals surface area contributed by atoms with Crippen molar-refractivity contribution in [1.29, 1.82) is 0 Å². The maximum atomic E-state index is 6.04. The molecule has 0 saturated carbocycles. The van der Waals surface area contributed by atoms with E-state index in [2.05, 4.69) is 9.98 Å². The topological polar surface area (TPSA) is 34.5 Å². The summed E-state index contributed by atoms with van der Waals surface area (Å²) >= 11 is 12.0. The van der Waals surface area contributed by atoms with E-state index in [0.717, 1.165) is 11.3 Å². The largest absolute Gasteiger partial charge is 0.495 e. The predicted octanol–water partition coefficient (Wildman–Crippen LogP) is 4.15. The first-order valence-electron chi connectivity index (χ1n) is 5.18. The van der Waals surface area contributed by atoms with Crippen LogP contribution in [0.1, 0.15) is 5.56 Å². The molecule has 3 nitrogen and oxygen atoms in total. The van der Waals surface area contributed by atoms with Gasteiger partial charge in [-0.1, -0.05) is 23.2 Å². The summed E-state index contributed by atoms with van der Waals surface area (Å²) in [6, 6.07) is 6.98. The van der Waals surface area contributed by atoms with Crippen LogP contribution in [0.25, 0.3) is 0 Å². The number of halogens is 2. The van der Waals surface area contributed by atoms with E-state index in [-0.39, 0.29) is 0 Å². The lowest BCUT2D eigenvalue weighted by atomic mass is 10.2. The van der Waals surface area contributed by atoms with Gasteiger partial charge in [0.05, 0.1) is 17.8 Å². The van der Waals surface area contributed by atoms with Crippen LogP contribution in [0.2, 0.25) is 10.0 Å². The highest BCUT2D eigenvalue weighted by Crippen LogP contribution is 2.31. The Labute approximate surface area is 115 Å². The fourth-order valence-corrected chi connectivity index (χ4v) is 2.05. The smallest absolute Gasteiger partial charge is 0.146 e. The number of pyridine rings is 1. The van der Waals surface area contributed by atoms with E-state index in [4.69, 9.17) is 27.9 Å². The van der Waals surface area contributed by atoms with E-state index in [9.17, 15) is 0 Å². The van der Waals surface area contributed by atoms with Gasteiger partial charge in [-0.15, -0.1) is 0 Å². The molecule has 0 N–H and O–H groups in total. The SMILES string of the molecule is COc1c(Cl)cc(Cl)cc1C=Nc1ccncc1. The minimum Gasteiger partial charge on any atom is -0.495 e. The second-order valence-corrected chi connectivity index (χ2v) is 4.32. The highest BCUT2D eigenvalue weighted by Gasteiger charge is 2.07. The third-order valence-electron chi connectivity index (χ3n) is 2.26. The van der Waals surface area contributed by atoms with E-state index >= 15 is 0 Å². The third-order valence-corrected chi connectivity index (χ3v) is 2.76. The van der Waals surface area contributed by atoms with Gasteiger partial charge in [0.25, 0.3) is 0 Å². The number of aliphatic imine (C=N–C) groups is 1. The van der Waals surface area contributed by atoms with E-state index in [0.29, 0.717) is 15.8 Å². The minimum absolute atomic E-state index is 0.459. The zero-order valence-corrected chi connectivity index (χ0v) is 11.1. The Hall–Kier alpha value is -1.58. The fraction of sp³-hybridized carbons (Fsp3) is 0.0769. The number of nitrogens with zero attached hydrogens (tertiary/aromatic N) is 2. The Morgan fingerprint density at radius 2 is 1.94 bits per heavy atom. The van der Waals surface area contributed by atoms with Crippen LogP contribution in [-0.4, -0.2) is 18.3 Å². The van der Waals surface area contributed by atoms with Crippen LogP contribution in [0.3, 0.4) is 0 Å². The van der Waals surface area contributed by atoms with Gasteiger partial charge in [-0.25, -0.2) is 0 Å². The number of rotatable bonds is 3. The Morgan fingerprint density at radius 1 is 1.22 bits per heavy atom. The molecule has 0 spiro atoms. The fourth-order valence-electron chi connectivity index (χ4n) is 1.47. The molecule has 0 aliphatic rings. The van der Waals surface area contributed by atoms with Gasteiger partial charge in [0, 0.05) is 29.2 Å². The summed E-state index contributed by atoms with van der Waals surface area (Å²) in [6.07, 6.45) is 5.01. The number of aromatic nitrogens is 1. The lowest BCUT2D eigenvalue weighted by Gasteiger charge is -2.07.